The Bertz CT molecular complexity index is 683. The molecule has 0 radical (unpaired) electrons. The van der Waals surface area contributed by atoms with Gasteiger partial charge in [0.15, 0.2) is 0 Å². The Morgan fingerprint density at radius 1 is 1.19 bits per heavy atom. The van der Waals surface area contributed by atoms with Crippen molar-refractivity contribution in [2.24, 2.45) is 11.8 Å². The molecule has 10 nitrogen and oxygen atoms in total. The summed E-state index contributed by atoms with van der Waals surface area (Å²) in [6.07, 6.45) is 3.77. The van der Waals surface area contributed by atoms with Crippen molar-refractivity contribution in [3.05, 3.63) is 12.7 Å². The molecule has 0 aromatic heterocycles. The standard InChI is InChI=1S/C22H38N4O6/c1-7-8-11-17(32-6)14(4)19(27)24-18(13(2)3)20(28)23-15(5)21(29)26-12-9-10-16(25-26)22(30)31/h7,13-18,25H,1,8-12H2,2-6H3,(H,23,28)(H,24,27)(H,30,31)/t14-,15+,16+,17-,18+/m1/s1. The molecule has 0 aromatic rings. The van der Waals surface area contributed by atoms with E-state index in [2.05, 4.69) is 22.6 Å². The minimum Gasteiger partial charge on any atom is -0.480 e. The molecule has 10 heteroatoms. The molecule has 4 N–H and O–H groups in total. The predicted octanol–water partition coefficient (Wildman–Crippen LogP) is 0.829. The topological polar surface area (TPSA) is 137 Å². The van der Waals surface area contributed by atoms with Crippen molar-refractivity contribution in [1.29, 1.82) is 0 Å². The zero-order valence-electron chi connectivity index (χ0n) is 19.7. The van der Waals surface area contributed by atoms with E-state index >= 15 is 0 Å². The first-order valence-electron chi connectivity index (χ1n) is 11.1. The van der Waals surface area contributed by atoms with Crippen molar-refractivity contribution >= 4 is 23.7 Å². The first-order valence-corrected chi connectivity index (χ1v) is 11.1. The summed E-state index contributed by atoms with van der Waals surface area (Å²) < 4.78 is 5.42. The molecule has 32 heavy (non-hydrogen) atoms. The number of carbonyl (C=O) groups is 4. The average molecular weight is 455 g/mol. The number of allylic oxidation sites excluding steroid dienone is 1. The number of hydrogen-bond acceptors (Lipinski definition) is 6. The van der Waals surface area contributed by atoms with Crippen LogP contribution in [0.4, 0.5) is 0 Å². The molecule has 3 amide bonds. The van der Waals surface area contributed by atoms with Crippen LogP contribution in [0.3, 0.4) is 0 Å². The van der Waals surface area contributed by atoms with Crippen molar-refractivity contribution < 1.29 is 29.0 Å². The van der Waals surface area contributed by atoms with Crippen molar-refractivity contribution in [3.63, 3.8) is 0 Å². The number of rotatable bonds is 12. The zero-order valence-corrected chi connectivity index (χ0v) is 19.7. The summed E-state index contributed by atoms with van der Waals surface area (Å²) in [5.41, 5.74) is 2.68. The SMILES string of the molecule is C=CCC[C@@H](OC)[C@@H](C)C(=O)N[C@H](C(=O)N[C@@H](C)C(=O)N1CCC[C@@H](C(=O)O)N1)C(C)C. The smallest absolute Gasteiger partial charge is 0.322 e. The van der Waals surface area contributed by atoms with Crippen molar-refractivity contribution in [2.75, 3.05) is 13.7 Å². The second-order valence-electron chi connectivity index (χ2n) is 8.54. The Morgan fingerprint density at radius 3 is 2.38 bits per heavy atom. The molecule has 1 fully saturated rings. The van der Waals surface area contributed by atoms with Gasteiger partial charge in [-0.05, 0) is 38.5 Å². The van der Waals surface area contributed by atoms with Crippen LogP contribution in [0.1, 0.15) is 53.4 Å². The Morgan fingerprint density at radius 2 is 1.84 bits per heavy atom. The number of carbonyl (C=O) groups excluding carboxylic acids is 3. The molecule has 0 spiro atoms. The zero-order chi connectivity index (χ0) is 24.4. The second-order valence-corrected chi connectivity index (χ2v) is 8.54. The van der Waals surface area contributed by atoms with Crippen molar-refractivity contribution in [1.82, 2.24) is 21.1 Å². The maximum atomic E-state index is 12.9. The van der Waals surface area contributed by atoms with Gasteiger partial charge < -0.3 is 20.5 Å². The highest BCUT2D eigenvalue weighted by Crippen LogP contribution is 2.15. The minimum atomic E-state index is -1.03. The van der Waals surface area contributed by atoms with Gasteiger partial charge in [-0.25, -0.2) is 5.43 Å². The van der Waals surface area contributed by atoms with E-state index in [9.17, 15) is 19.2 Å². The highest BCUT2D eigenvalue weighted by Gasteiger charge is 2.33. The van der Waals surface area contributed by atoms with E-state index < -0.39 is 41.8 Å². The molecule has 1 saturated heterocycles. The lowest BCUT2D eigenvalue weighted by Crippen LogP contribution is -2.61. The molecule has 0 saturated carbocycles. The van der Waals surface area contributed by atoms with Crippen LogP contribution in [-0.2, 0) is 23.9 Å². The summed E-state index contributed by atoms with van der Waals surface area (Å²) in [7, 11) is 1.54. The first kappa shape index (κ1) is 27.6. The number of methoxy groups -OCH3 is 1. The van der Waals surface area contributed by atoms with Gasteiger partial charge in [0.2, 0.25) is 11.8 Å². The third kappa shape index (κ3) is 7.90. The van der Waals surface area contributed by atoms with Crippen LogP contribution in [0.15, 0.2) is 12.7 Å². The van der Waals surface area contributed by atoms with Crippen LogP contribution in [0, 0.1) is 11.8 Å². The number of nitrogens with zero attached hydrogens (tertiary/aromatic N) is 1. The maximum absolute atomic E-state index is 12.9. The van der Waals surface area contributed by atoms with Gasteiger partial charge in [-0.2, -0.15) is 0 Å². The monoisotopic (exact) mass is 454 g/mol. The summed E-state index contributed by atoms with van der Waals surface area (Å²) in [5.74, 6) is -2.94. The van der Waals surface area contributed by atoms with Crippen LogP contribution in [0.5, 0.6) is 0 Å². The van der Waals surface area contributed by atoms with Gasteiger partial charge in [-0.15, -0.1) is 6.58 Å². The fourth-order valence-corrected chi connectivity index (χ4v) is 3.56. The molecule has 0 unspecified atom stereocenters. The number of hydrazine groups is 1. The van der Waals surface area contributed by atoms with Gasteiger partial charge in [0.25, 0.3) is 5.91 Å². The van der Waals surface area contributed by atoms with E-state index in [0.717, 1.165) is 0 Å². The predicted molar refractivity (Wildman–Crippen MR) is 119 cm³/mol. The molecule has 182 valence electrons. The quantitative estimate of drug-likeness (QED) is 0.321. The molecule has 5 atom stereocenters. The molecule has 1 aliphatic heterocycles. The maximum Gasteiger partial charge on any atom is 0.322 e. The molecule has 0 aliphatic carbocycles. The van der Waals surface area contributed by atoms with Crippen LogP contribution < -0.4 is 16.1 Å². The molecule has 0 bridgehead atoms. The molecular weight excluding hydrogens is 416 g/mol. The van der Waals surface area contributed by atoms with Gasteiger partial charge in [-0.1, -0.05) is 26.8 Å². The van der Waals surface area contributed by atoms with Crippen LogP contribution in [0.2, 0.25) is 0 Å². The summed E-state index contributed by atoms with van der Waals surface area (Å²) in [6.45, 7) is 10.9. The highest BCUT2D eigenvalue weighted by atomic mass is 16.5. The Hall–Kier alpha value is -2.46. The van der Waals surface area contributed by atoms with E-state index in [4.69, 9.17) is 9.84 Å². The first-order chi connectivity index (χ1) is 15.0. The second kappa shape index (κ2) is 13.2. The molecular formula is C22H38N4O6. The number of aliphatic carboxylic acids is 1. The lowest BCUT2D eigenvalue weighted by atomic mass is 9.97. The van der Waals surface area contributed by atoms with E-state index in [0.29, 0.717) is 32.2 Å². The minimum absolute atomic E-state index is 0.216. The number of amides is 3. The summed E-state index contributed by atoms with van der Waals surface area (Å²) in [6, 6.07) is -2.56. The lowest BCUT2D eigenvalue weighted by Gasteiger charge is -2.34. The number of ether oxygens (including phenoxy) is 1. The molecule has 1 rings (SSSR count). The third-order valence-corrected chi connectivity index (χ3v) is 5.66. The Kier molecular flexibility index (Phi) is 11.3. The van der Waals surface area contributed by atoms with Gasteiger partial charge in [0, 0.05) is 13.7 Å². The van der Waals surface area contributed by atoms with Crippen LogP contribution >= 0.6 is 0 Å². The number of nitrogens with one attached hydrogen (secondary N) is 3. The molecule has 0 aromatic carbocycles. The fraction of sp³-hybridized carbons (Fsp3) is 0.727. The summed E-state index contributed by atoms with van der Waals surface area (Å²) in [5, 5.41) is 15.8. The van der Waals surface area contributed by atoms with E-state index in [1.807, 2.05) is 0 Å². The number of hydrogen-bond donors (Lipinski definition) is 4. The van der Waals surface area contributed by atoms with E-state index in [-0.39, 0.29) is 17.9 Å². The number of carboxylic acid groups (broad SMARTS) is 1. The average Bonchev–Trinajstić information content (AvgIpc) is 2.76. The van der Waals surface area contributed by atoms with E-state index in [1.165, 1.54) is 11.9 Å². The summed E-state index contributed by atoms with van der Waals surface area (Å²) >= 11 is 0. The fourth-order valence-electron chi connectivity index (χ4n) is 3.56. The Labute approximate surface area is 190 Å². The van der Waals surface area contributed by atoms with E-state index in [1.54, 1.807) is 34.0 Å². The largest absolute Gasteiger partial charge is 0.480 e. The van der Waals surface area contributed by atoms with Gasteiger partial charge in [0.1, 0.15) is 18.1 Å². The third-order valence-electron chi connectivity index (χ3n) is 5.66. The number of carboxylic acids is 1. The summed E-state index contributed by atoms with van der Waals surface area (Å²) in [4.78, 5) is 49.5. The van der Waals surface area contributed by atoms with Crippen molar-refractivity contribution in [3.8, 4) is 0 Å². The van der Waals surface area contributed by atoms with Gasteiger partial charge in [0.05, 0.1) is 12.0 Å². The lowest BCUT2D eigenvalue weighted by molar-refractivity contribution is -0.148. The van der Waals surface area contributed by atoms with Crippen molar-refractivity contribution in [2.45, 2.75) is 77.6 Å². The van der Waals surface area contributed by atoms with Crippen LogP contribution in [0.25, 0.3) is 0 Å². The van der Waals surface area contributed by atoms with Crippen LogP contribution in [-0.4, -0.2) is 71.7 Å². The highest BCUT2D eigenvalue weighted by molar-refractivity contribution is 5.92. The van der Waals surface area contributed by atoms with Gasteiger partial charge >= 0.3 is 5.97 Å². The van der Waals surface area contributed by atoms with Gasteiger partial charge in [-0.3, -0.25) is 24.2 Å². The normalized spacial score (nSPS) is 20.1. The molecule has 1 heterocycles. The molecule has 1 aliphatic rings. The Balaban J connectivity index is 2.75.